The molecule has 0 aromatic heterocycles. The molecule has 128 valence electrons. The Kier molecular flexibility index (Phi) is 5.46. The van der Waals surface area contributed by atoms with Crippen LogP contribution in [-0.4, -0.2) is 28.1 Å². The zero-order valence-electron chi connectivity index (χ0n) is 13.7. The summed E-state index contributed by atoms with van der Waals surface area (Å²) in [6.07, 6.45) is 0. The number of esters is 1. The largest absolute Gasteiger partial charge is 0.494 e. The van der Waals surface area contributed by atoms with Crippen molar-refractivity contribution in [3.63, 3.8) is 0 Å². The Labute approximate surface area is 141 Å². The first-order valence-corrected chi connectivity index (χ1v) is 8.80. The Bertz CT molecular complexity index is 829. The number of aryl methyl sites for hydroxylation is 1. The van der Waals surface area contributed by atoms with Gasteiger partial charge in [-0.15, -0.1) is 0 Å². The van der Waals surface area contributed by atoms with Gasteiger partial charge in [0.15, 0.2) is 0 Å². The maximum atomic E-state index is 12.6. The highest BCUT2D eigenvalue weighted by Crippen LogP contribution is 2.22. The standard InChI is InChI=1S/C17H19NO5S/c1-4-23-15-9-7-14(8-10-15)18-24(20,21)16-11-13(17(19)22-3)6-5-12(16)2/h5-11,18H,4H2,1-3H3. The van der Waals surface area contributed by atoms with Gasteiger partial charge in [0.1, 0.15) is 5.75 Å². The number of hydrogen-bond acceptors (Lipinski definition) is 5. The third kappa shape index (κ3) is 4.05. The molecule has 0 aliphatic rings. The van der Waals surface area contributed by atoms with Crippen LogP contribution in [0.5, 0.6) is 5.75 Å². The highest BCUT2D eigenvalue weighted by Gasteiger charge is 2.19. The summed E-state index contributed by atoms with van der Waals surface area (Å²) in [5.74, 6) is 0.0665. The van der Waals surface area contributed by atoms with Crippen molar-refractivity contribution in [1.29, 1.82) is 0 Å². The number of anilines is 1. The minimum atomic E-state index is -3.83. The SMILES string of the molecule is CCOc1ccc(NS(=O)(=O)c2cc(C(=O)OC)ccc2C)cc1. The molecule has 2 rings (SSSR count). The first-order valence-electron chi connectivity index (χ1n) is 7.32. The summed E-state index contributed by atoms with van der Waals surface area (Å²) in [5, 5.41) is 0. The van der Waals surface area contributed by atoms with Crippen LogP contribution in [0.2, 0.25) is 0 Å². The molecule has 0 bridgehead atoms. The number of benzene rings is 2. The molecule has 0 aliphatic carbocycles. The second-order valence-electron chi connectivity index (χ2n) is 5.03. The van der Waals surface area contributed by atoms with E-state index in [1.807, 2.05) is 6.92 Å². The second-order valence-corrected chi connectivity index (χ2v) is 6.69. The first-order chi connectivity index (χ1) is 11.4. The molecule has 0 amide bonds. The quantitative estimate of drug-likeness (QED) is 0.811. The zero-order valence-corrected chi connectivity index (χ0v) is 14.5. The Balaban J connectivity index is 2.31. The van der Waals surface area contributed by atoms with Crippen LogP contribution in [-0.2, 0) is 14.8 Å². The van der Waals surface area contributed by atoms with E-state index in [0.717, 1.165) is 0 Å². The number of methoxy groups -OCH3 is 1. The molecule has 0 atom stereocenters. The molecule has 0 fully saturated rings. The van der Waals surface area contributed by atoms with Gasteiger partial charge < -0.3 is 9.47 Å². The summed E-state index contributed by atoms with van der Waals surface area (Å²) >= 11 is 0. The van der Waals surface area contributed by atoms with Crippen molar-refractivity contribution >= 4 is 21.7 Å². The van der Waals surface area contributed by atoms with Gasteiger partial charge >= 0.3 is 5.97 Å². The monoisotopic (exact) mass is 349 g/mol. The van der Waals surface area contributed by atoms with Crippen LogP contribution in [0.1, 0.15) is 22.8 Å². The van der Waals surface area contributed by atoms with Gasteiger partial charge in [0.05, 0.1) is 24.2 Å². The predicted molar refractivity (Wildman–Crippen MR) is 90.9 cm³/mol. The normalized spacial score (nSPS) is 11.0. The molecule has 0 radical (unpaired) electrons. The van der Waals surface area contributed by atoms with Crippen molar-refractivity contribution in [2.45, 2.75) is 18.7 Å². The Morgan fingerprint density at radius 3 is 2.38 bits per heavy atom. The fourth-order valence-electron chi connectivity index (χ4n) is 2.13. The molecule has 2 aromatic carbocycles. The van der Waals surface area contributed by atoms with Crippen molar-refractivity contribution in [2.24, 2.45) is 0 Å². The molecule has 0 aliphatic heterocycles. The van der Waals surface area contributed by atoms with E-state index in [-0.39, 0.29) is 10.5 Å². The Hall–Kier alpha value is -2.54. The highest BCUT2D eigenvalue weighted by molar-refractivity contribution is 7.92. The Morgan fingerprint density at radius 1 is 1.12 bits per heavy atom. The van der Waals surface area contributed by atoms with Crippen LogP contribution in [0.15, 0.2) is 47.4 Å². The summed E-state index contributed by atoms with van der Waals surface area (Å²) in [7, 11) is -2.59. The lowest BCUT2D eigenvalue weighted by atomic mass is 10.1. The molecular weight excluding hydrogens is 330 g/mol. The fraction of sp³-hybridized carbons (Fsp3) is 0.235. The number of carbonyl (C=O) groups is 1. The van der Waals surface area contributed by atoms with Crippen LogP contribution in [0.25, 0.3) is 0 Å². The number of nitrogens with one attached hydrogen (secondary N) is 1. The molecule has 6 nitrogen and oxygen atoms in total. The molecular formula is C17H19NO5S. The van der Waals surface area contributed by atoms with E-state index in [4.69, 9.17) is 4.74 Å². The van der Waals surface area contributed by atoms with Gasteiger partial charge in [-0.05, 0) is 55.8 Å². The van der Waals surface area contributed by atoms with E-state index in [0.29, 0.717) is 23.6 Å². The van der Waals surface area contributed by atoms with Gasteiger partial charge in [0.2, 0.25) is 0 Å². The fourth-order valence-corrected chi connectivity index (χ4v) is 3.46. The van der Waals surface area contributed by atoms with E-state index < -0.39 is 16.0 Å². The van der Waals surface area contributed by atoms with Crippen LogP contribution >= 0.6 is 0 Å². The topological polar surface area (TPSA) is 81.7 Å². The summed E-state index contributed by atoms with van der Waals surface area (Å²) < 4.78 is 37.6. The van der Waals surface area contributed by atoms with Crippen LogP contribution in [0.3, 0.4) is 0 Å². The summed E-state index contributed by atoms with van der Waals surface area (Å²) in [6, 6.07) is 11.0. The van der Waals surface area contributed by atoms with Crippen molar-refractivity contribution in [1.82, 2.24) is 0 Å². The van der Waals surface area contributed by atoms with E-state index in [9.17, 15) is 13.2 Å². The molecule has 0 saturated carbocycles. The van der Waals surface area contributed by atoms with Gasteiger partial charge in [-0.3, -0.25) is 4.72 Å². The zero-order chi connectivity index (χ0) is 17.7. The van der Waals surface area contributed by atoms with Gasteiger partial charge in [-0.1, -0.05) is 6.07 Å². The molecule has 1 N–H and O–H groups in total. The molecule has 0 saturated heterocycles. The number of rotatable bonds is 6. The Morgan fingerprint density at radius 2 is 1.79 bits per heavy atom. The van der Waals surface area contributed by atoms with Crippen molar-refractivity contribution in [3.8, 4) is 5.75 Å². The lowest BCUT2D eigenvalue weighted by Gasteiger charge is -2.12. The third-order valence-electron chi connectivity index (χ3n) is 3.32. The van der Waals surface area contributed by atoms with Crippen molar-refractivity contribution in [2.75, 3.05) is 18.4 Å². The summed E-state index contributed by atoms with van der Waals surface area (Å²) in [6.45, 7) is 4.06. The van der Waals surface area contributed by atoms with E-state index >= 15 is 0 Å². The first kappa shape index (κ1) is 17.8. The second kappa shape index (κ2) is 7.35. The minimum Gasteiger partial charge on any atom is -0.494 e. The molecule has 7 heteroatoms. The molecule has 0 unspecified atom stereocenters. The van der Waals surface area contributed by atoms with Crippen molar-refractivity contribution < 1.29 is 22.7 Å². The predicted octanol–water partition coefficient (Wildman–Crippen LogP) is 2.98. The van der Waals surface area contributed by atoms with Gasteiger partial charge in [-0.25, -0.2) is 13.2 Å². The van der Waals surface area contributed by atoms with E-state index in [1.165, 1.54) is 19.2 Å². The number of carbonyl (C=O) groups excluding carboxylic acids is 1. The van der Waals surface area contributed by atoms with Crippen molar-refractivity contribution in [3.05, 3.63) is 53.6 Å². The van der Waals surface area contributed by atoms with Crippen LogP contribution in [0.4, 0.5) is 5.69 Å². The number of sulfonamides is 1. The van der Waals surface area contributed by atoms with Gasteiger partial charge in [-0.2, -0.15) is 0 Å². The molecule has 0 heterocycles. The molecule has 24 heavy (non-hydrogen) atoms. The maximum Gasteiger partial charge on any atom is 0.337 e. The van der Waals surface area contributed by atoms with Crippen LogP contribution in [0, 0.1) is 6.92 Å². The lowest BCUT2D eigenvalue weighted by molar-refractivity contribution is 0.0600. The summed E-state index contributed by atoms with van der Waals surface area (Å²) in [5.41, 5.74) is 1.11. The maximum absolute atomic E-state index is 12.6. The van der Waals surface area contributed by atoms with Gasteiger partial charge in [0, 0.05) is 5.69 Å². The van der Waals surface area contributed by atoms with Crippen LogP contribution < -0.4 is 9.46 Å². The average molecular weight is 349 g/mol. The smallest absolute Gasteiger partial charge is 0.337 e. The molecule has 0 spiro atoms. The minimum absolute atomic E-state index is 0.0271. The lowest BCUT2D eigenvalue weighted by Crippen LogP contribution is -2.15. The number of ether oxygens (including phenoxy) is 2. The average Bonchev–Trinajstić information content (AvgIpc) is 2.56. The molecule has 2 aromatic rings. The van der Waals surface area contributed by atoms with E-state index in [2.05, 4.69) is 9.46 Å². The third-order valence-corrected chi connectivity index (χ3v) is 4.84. The highest BCUT2D eigenvalue weighted by atomic mass is 32.2. The van der Waals surface area contributed by atoms with E-state index in [1.54, 1.807) is 37.3 Å². The van der Waals surface area contributed by atoms with Gasteiger partial charge in [0.25, 0.3) is 10.0 Å². The number of hydrogen-bond donors (Lipinski definition) is 1. The summed E-state index contributed by atoms with van der Waals surface area (Å²) in [4.78, 5) is 11.6.